The van der Waals surface area contributed by atoms with Crippen LogP contribution in [0, 0.1) is 0 Å². The first-order valence-electron chi connectivity index (χ1n) is 5.79. The topological polar surface area (TPSA) is 32.3 Å². The van der Waals surface area contributed by atoms with Crippen molar-refractivity contribution in [2.45, 2.75) is 18.9 Å². The Morgan fingerprint density at radius 3 is 3.12 bits per heavy atom. The lowest BCUT2D eigenvalue weighted by atomic mass is 10.1. The maximum absolute atomic E-state index is 4.37. The minimum absolute atomic E-state index is 0.732. The molecule has 1 atom stereocenters. The zero-order valence-electron chi connectivity index (χ0n) is 9.14. The molecule has 2 saturated heterocycles. The highest BCUT2D eigenvalue weighted by Gasteiger charge is 2.31. The van der Waals surface area contributed by atoms with E-state index in [1.807, 2.05) is 6.20 Å². The first-order chi connectivity index (χ1) is 7.84. The third-order valence-corrected chi connectivity index (χ3v) is 4.09. The van der Waals surface area contributed by atoms with E-state index in [4.69, 9.17) is 0 Å². The summed E-state index contributed by atoms with van der Waals surface area (Å²) in [4.78, 5) is 13.4. The largest absolute Gasteiger partial charge is 0.353 e. The Balaban J connectivity index is 1.79. The van der Waals surface area contributed by atoms with Gasteiger partial charge in [0.05, 0.1) is 4.47 Å². The fraction of sp³-hybridized carbons (Fsp3) is 0.636. The van der Waals surface area contributed by atoms with E-state index in [9.17, 15) is 0 Å². The fourth-order valence-electron chi connectivity index (χ4n) is 2.72. The second-order valence-corrected chi connectivity index (χ2v) is 5.33. The van der Waals surface area contributed by atoms with Crippen molar-refractivity contribution in [3.63, 3.8) is 0 Å². The van der Waals surface area contributed by atoms with Crippen molar-refractivity contribution >= 4 is 21.7 Å². The van der Waals surface area contributed by atoms with Crippen molar-refractivity contribution in [2.24, 2.45) is 0 Å². The van der Waals surface area contributed by atoms with Gasteiger partial charge in [-0.15, -0.1) is 0 Å². The highest BCUT2D eigenvalue weighted by atomic mass is 79.9. The Labute approximate surface area is 104 Å². The summed E-state index contributed by atoms with van der Waals surface area (Å²) in [5, 5.41) is 0. The molecule has 0 aromatic carbocycles. The van der Waals surface area contributed by atoms with Crippen molar-refractivity contribution in [1.29, 1.82) is 0 Å². The number of halogens is 1. The van der Waals surface area contributed by atoms with Gasteiger partial charge in [-0.3, -0.25) is 4.90 Å². The smallest absolute Gasteiger partial charge is 0.146 e. The highest BCUT2D eigenvalue weighted by molar-refractivity contribution is 9.10. The molecule has 2 aliphatic rings. The van der Waals surface area contributed by atoms with Crippen molar-refractivity contribution in [3.8, 4) is 0 Å². The summed E-state index contributed by atoms with van der Waals surface area (Å²) in [5.41, 5.74) is 0. The highest BCUT2D eigenvalue weighted by Crippen LogP contribution is 2.27. The minimum Gasteiger partial charge on any atom is -0.353 e. The molecule has 4 nitrogen and oxygen atoms in total. The molecular weight excluding hydrogens is 268 g/mol. The van der Waals surface area contributed by atoms with E-state index in [1.54, 1.807) is 6.33 Å². The van der Waals surface area contributed by atoms with Gasteiger partial charge >= 0.3 is 0 Å². The summed E-state index contributed by atoms with van der Waals surface area (Å²) in [6.07, 6.45) is 6.13. The molecule has 0 spiro atoms. The summed E-state index contributed by atoms with van der Waals surface area (Å²) < 4.78 is 1.00. The van der Waals surface area contributed by atoms with E-state index < -0.39 is 0 Å². The normalized spacial score (nSPS) is 25.8. The second-order valence-electron chi connectivity index (χ2n) is 4.47. The van der Waals surface area contributed by atoms with Crippen LogP contribution < -0.4 is 4.90 Å². The number of hydrogen-bond acceptors (Lipinski definition) is 4. The molecule has 1 aromatic rings. The maximum atomic E-state index is 4.37. The second kappa shape index (κ2) is 4.30. The van der Waals surface area contributed by atoms with Crippen LogP contribution in [0.5, 0.6) is 0 Å². The van der Waals surface area contributed by atoms with Gasteiger partial charge in [-0.25, -0.2) is 9.97 Å². The molecule has 1 aromatic heterocycles. The Morgan fingerprint density at radius 1 is 1.31 bits per heavy atom. The van der Waals surface area contributed by atoms with Gasteiger partial charge in [0, 0.05) is 31.9 Å². The number of piperazine rings is 1. The minimum atomic E-state index is 0.732. The number of anilines is 1. The zero-order chi connectivity index (χ0) is 11.0. The summed E-state index contributed by atoms with van der Waals surface area (Å²) in [6.45, 7) is 4.63. The van der Waals surface area contributed by atoms with Crippen molar-refractivity contribution in [3.05, 3.63) is 17.0 Å². The van der Waals surface area contributed by atoms with Crippen LogP contribution in [0.25, 0.3) is 0 Å². The Kier molecular flexibility index (Phi) is 2.81. The zero-order valence-corrected chi connectivity index (χ0v) is 10.7. The molecule has 5 heteroatoms. The number of nitrogens with zero attached hydrogens (tertiary/aromatic N) is 4. The third-order valence-electron chi connectivity index (χ3n) is 3.54. The molecule has 0 bridgehead atoms. The van der Waals surface area contributed by atoms with Crippen LogP contribution in [-0.2, 0) is 0 Å². The van der Waals surface area contributed by atoms with E-state index in [0.29, 0.717) is 0 Å². The van der Waals surface area contributed by atoms with E-state index in [1.165, 1.54) is 25.9 Å². The Morgan fingerprint density at radius 2 is 2.25 bits per heavy atom. The molecule has 1 unspecified atom stereocenters. The summed E-state index contributed by atoms with van der Waals surface area (Å²) in [5.74, 6) is 1.04. The van der Waals surface area contributed by atoms with Crippen LogP contribution in [-0.4, -0.2) is 47.1 Å². The van der Waals surface area contributed by atoms with E-state index in [0.717, 1.165) is 29.4 Å². The van der Waals surface area contributed by atoms with Crippen molar-refractivity contribution < 1.29 is 0 Å². The Hall–Kier alpha value is -0.680. The van der Waals surface area contributed by atoms with Crippen LogP contribution >= 0.6 is 15.9 Å². The number of fused-ring (bicyclic) bond motifs is 1. The van der Waals surface area contributed by atoms with Gasteiger partial charge in [0.2, 0.25) is 0 Å². The van der Waals surface area contributed by atoms with Gasteiger partial charge in [0.1, 0.15) is 12.1 Å². The van der Waals surface area contributed by atoms with Gasteiger partial charge in [0.15, 0.2) is 0 Å². The van der Waals surface area contributed by atoms with Gasteiger partial charge in [-0.2, -0.15) is 0 Å². The van der Waals surface area contributed by atoms with Crippen LogP contribution in [0.2, 0.25) is 0 Å². The van der Waals surface area contributed by atoms with Gasteiger partial charge in [-0.05, 0) is 35.3 Å². The average Bonchev–Trinajstić information content (AvgIpc) is 2.76. The summed E-state index contributed by atoms with van der Waals surface area (Å²) in [6, 6.07) is 0.732. The Bertz CT molecular complexity index is 384. The fourth-order valence-corrected chi connectivity index (χ4v) is 3.19. The molecule has 0 N–H and O–H groups in total. The third kappa shape index (κ3) is 1.82. The van der Waals surface area contributed by atoms with Gasteiger partial charge in [0.25, 0.3) is 0 Å². The van der Waals surface area contributed by atoms with Gasteiger partial charge < -0.3 is 4.90 Å². The van der Waals surface area contributed by atoms with Crippen LogP contribution in [0.1, 0.15) is 12.8 Å². The van der Waals surface area contributed by atoms with Crippen LogP contribution in [0.15, 0.2) is 17.0 Å². The molecule has 16 heavy (non-hydrogen) atoms. The number of hydrogen-bond donors (Lipinski definition) is 0. The predicted octanol–water partition coefficient (Wildman–Crippen LogP) is 1.52. The molecule has 2 aliphatic heterocycles. The SMILES string of the molecule is Brc1cncnc1N1CCN2CCCC2C1. The van der Waals surface area contributed by atoms with Crippen LogP contribution in [0.3, 0.4) is 0 Å². The van der Waals surface area contributed by atoms with Crippen molar-refractivity contribution in [2.75, 3.05) is 31.1 Å². The predicted molar refractivity (Wildman–Crippen MR) is 66.5 cm³/mol. The lowest BCUT2D eigenvalue weighted by Gasteiger charge is -2.38. The summed E-state index contributed by atoms with van der Waals surface area (Å²) >= 11 is 3.52. The molecule has 2 fully saturated rings. The molecule has 3 heterocycles. The van der Waals surface area contributed by atoms with E-state index in [-0.39, 0.29) is 0 Å². The number of rotatable bonds is 1. The monoisotopic (exact) mass is 282 g/mol. The first kappa shape index (κ1) is 10.5. The molecule has 0 radical (unpaired) electrons. The van der Waals surface area contributed by atoms with E-state index in [2.05, 4.69) is 35.7 Å². The quantitative estimate of drug-likeness (QED) is 0.782. The molecular formula is C11H15BrN4. The van der Waals surface area contributed by atoms with E-state index >= 15 is 0 Å². The number of aromatic nitrogens is 2. The maximum Gasteiger partial charge on any atom is 0.146 e. The van der Waals surface area contributed by atoms with Gasteiger partial charge in [-0.1, -0.05) is 0 Å². The first-order valence-corrected chi connectivity index (χ1v) is 6.58. The molecule has 3 rings (SSSR count). The standard InChI is InChI=1S/C11H15BrN4/c12-10-6-13-8-14-11(10)16-5-4-15-3-1-2-9(15)7-16/h6,8-9H,1-5,7H2. The molecule has 86 valence electrons. The lowest BCUT2D eigenvalue weighted by Crippen LogP contribution is -2.50. The lowest BCUT2D eigenvalue weighted by molar-refractivity contribution is 0.230. The summed E-state index contributed by atoms with van der Waals surface area (Å²) in [7, 11) is 0. The molecule has 0 saturated carbocycles. The van der Waals surface area contributed by atoms with Crippen LogP contribution in [0.4, 0.5) is 5.82 Å². The van der Waals surface area contributed by atoms with Crippen molar-refractivity contribution in [1.82, 2.24) is 14.9 Å². The molecule has 0 aliphatic carbocycles. The average molecular weight is 283 g/mol. The molecule has 0 amide bonds.